The van der Waals surface area contributed by atoms with Crippen molar-refractivity contribution in [2.45, 2.75) is 13.8 Å². The number of benzene rings is 1. The molecular weight excluding hydrogens is 214 g/mol. The van der Waals surface area contributed by atoms with Gasteiger partial charge in [-0.25, -0.2) is 4.79 Å². The Bertz CT molecular complexity index is 323. The summed E-state index contributed by atoms with van der Waals surface area (Å²) in [6.07, 6.45) is 0. The summed E-state index contributed by atoms with van der Waals surface area (Å²) in [5.74, 6) is 0. The lowest BCUT2D eigenvalue weighted by atomic mass is 10.3. The Morgan fingerprint density at radius 2 is 1.82 bits per heavy atom. The molecule has 0 unspecified atom stereocenters. The molecule has 0 aromatic heterocycles. The van der Waals surface area contributed by atoms with Crippen molar-refractivity contribution < 1.29 is 4.79 Å². The number of hydrogen-bond acceptors (Lipinski definition) is 2. The summed E-state index contributed by atoms with van der Waals surface area (Å²) in [6, 6.07) is 9.29. The van der Waals surface area contributed by atoms with Gasteiger partial charge >= 0.3 is 6.03 Å². The largest absolute Gasteiger partial charge is 0.337 e. The zero-order chi connectivity index (χ0) is 12.5. The minimum atomic E-state index is -0.150. The first kappa shape index (κ1) is 13.5. The van der Waals surface area contributed by atoms with Crippen molar-refractivity contribution >= 4 is 11.7 Å². The molecule has 0 aliphatic carbocycles. The normalized spacial score (nSPS) is 10.3. The van der Waals surface area contributed by atoms with Gasteiger partial charge in [-0.15, -0.1) is 0 Å². The van der Waals surface area contributed by atoms with Gasteiger partial charge in [0, 0.05) is 18.8 Å². The van der Waals surface area contributed by atoms with E-state index < -0.39 is 0 Å². The van der Waals surface area contributed by atoms with E-state index in [4.69, 9.17) is 0 Å². The van der Waals surface area contributed by atoms with Crippen LogP contribution in [0.4, 0.5) is 10.5 Å². The number of anilines is 1. The van der Waals surface area contributed by atoms with Crippen molar-refractivity contribution in [2.75, 3.05) is 31.5 Å². The molecule has 0 atom stereocenters. The quantitative estimate of drug-likeness (QED) is 0.793. The third-order valence-corrected chi connectivity index (χ3v) is 2.64. The second kappa shape index (κ2) is 7.68. The van der Waals surface area contributed by atoms with E-state index in [1.165, 1.54) is 0 Å². The second-order valence-electron chi connectivity index (χ2n) is 3.77. The molecule has 1 aromatic carbocycles. The Balaban J connectivity index is 2.22. The third-order valence-electron chi connectivity index (χ3n) is 2.64. The molecule has 17 heavy (non-hydrogen) atoms. The zero-order valence-electron chi connectivity index (χ0n) is 10.6. The van der Waals surface area contributed by atoms with Crippen molar-refractivity contribution in [1.82, 2.24) is 10.2 Å². The van der Waals surface area contributed by atoms with Gasteiger partial charge in [0.1, 0.15) is 0 Å². The highest BCUT2D eigenvalue weighted by Crippen LogP contribution is 2.03. The average Bonchev–Trinajstić information content (AvgIpc) is 2.36. The number of rotatable bonds is 6. The summed E-state index contributed by atoms with van der Waals surface area (Å²) in [5, 5.41) is 5.62. The number of likely N-dealkylation sites (N-methyl/N-ethyl adjacent to an activating group) is 1. The molecule has 1 aromatic rings. The molecule has 2 N–H and O–H groups in total. The number of hydrogen-bond donors (Lipinski definition) is 2. The number of nitrogens with zero attached hydrogens (tertiary/aromatic N) is 1. The summed E-state index contributed by atoms with van der Waals surface area (Å²) in [4.78, 5) is 13.8. The van der Waals surface area contributed by atoms with E-state index in [1.54, 1.807) is 0 Å². The molecule has 94 valence electrons. The van der Waals surface area contributed by atoms with Gasteiger partial charge in [-0.1, -0.05) is 32.0 Å². The first-order valence-electron chi connectivity index (χ1n) is 6.08. The van der Waals surface area contributed by atoms with E-state index in [2.05, 4.69) is 29.4 Å². The van der Waals surface area contributed by atoms with Crippen LogP contribution in [0, 0.1) is 0 Å². The number of urea groups is 1. The number of carbonyl (C=O) groups excluding carboxylic acids is 1. The molecule has 0 fully saturated rings. The van der Waals surface area contributed by atoms with E-state index in [9.17, 15) is 4.79 Å². The molecule has 0 spiro atoms. The molecular formula is C13H21N3O. The first-order valence-corrected chi connectivity index (χ1v) is 6.08. The minimum absolute atomic E-state index is 0.150. The van der Waals surface area contributed by atoms with Crippen LogP contribution in [0.15, 0.2) is 30.3 Å². The smallest absolute Gasteiger partial charge is 0.319 e. The highest BCUT2D eigenvalue weighted by Gasteiger charge is 2.02. The highest BCUT2D eigenvalue weighted by molar-refractivity contribution is 5.89. The molecule has 0 heterocycles. The van der Waals surface area contributed by atoms with E-state index in [-0.39, 0.29) is 6.03 Å². The van der Waals surface area contributed by atoms with Crippen LogP contribution < -0.4 is 10.6 Å². The molecule has 2 amide bonds. The van der Waals surface area contributed by atoms with Gasteiger partial charge in [0.05, 0.1) is 0 Å². The van der Waals surface area contributed by atoms with Crippen LogP contribution in [0.2, 0.25) is 0 Å². The summed E-state index contributed by atoms with van der Waals surface area (Å²) >= 11 is 0. The molecule has 1 rings (SSSR count). The predicted molar refractivity (Wildman–Crippen MR) is 71.3 cm³/mol. The number of amides is 2. The van der Waals surface area contributed by atoms with E-state index in [1.807, 2.05) is 30.3 Å². The Morgan fingerprint density at radius 1 is 1.18 bits per heavy atom. The van der Waals surface area contributed by atoms with E-state index >= 15 is 0 Å². The van der Waals surface area contributed by atoms with Crippen molar-refractivity contribution in [2.24, 2.45) is 0 Å². The molecule has 0 radical (unpaired) electrons. The van der Waals surface area contributed by atoms with Crippen LogP contribution in [0.25, 0.3) is 0 Å². The maximum absolute atomic E-state index is 11.5. The molecule has 0 bridgehead atoms. The van der Waals surface area contributed by atoms with Gasteiger partial charge in [0.2, 0.25) is 0 Å². The molecule has 0 saturated carbocycles. The predicted octanol–water partition coefficient (Wildman–Crippen LogP) is 2.15. The van der Waals surface area contributed by atoms with Crippen molar-refractivity contribution in [3.05, 3.63) is 30.3 Å². The lowest BCUT2D eigenvalue weighted by molar-refractivity contribution is 0.248. The summed E-state index contributed by atoms with van der Waals surface area (Å²) < 4.78 is 0. The fraction of sp³-hybridized carbons (Fsp3) is 0.462. The summed E-state index contributed by atoms with van der Waals surface area (Å²) in [7, 11) is 0. The van der Waals surface area contributed by atoms with Gasteiger partial charge in [-0.2, -0.15) is 0 Å². The van der Waals surface area contributed by atoms with Gasteiger partial charge in [0.25, 0.3) is 0 Å². The molecule has 0 aliphatic rings. The van der Waals surface area contributed by atoms with Crippen LogP contribution in [-0.2, 0) is 0 Å². The van der Waals surface area contributed by atoms with Gasteiger partial charge in [-0.3, -0.25) is 0 Å². The van der Waals surface area contributed by atoms with Gasteiger partial charge in [0.15, 0.2) is 0 Å². The molecule has 0 saturated heterocycles. The molecule has 0 aliphatic heterocycles. The van der Waals surface area contributed by atoms with Crippen molar-refractivity contribution in [3.8, 4) is 0 Å². The lowest BCUT2D eigenvalue weighted by Gasteiger charge is -2.18. The third kappa shape index (κ3) is 5.36. The Hall–Kier alpha value is -1.55. The maximum atomic E-state index is 11.5. The van der Waals surface area contributed by atoms with Crippen LogP contribution >= 0.6 is 0 Å². The van der Waals surface area contributed by atoms with Crippen molar-refractivity contribution in [3.63, 3.8) is 0 Å². The lowest BCUT2D eigenvalue weighted by Crippen LogP contribution is -2.36. The fourth-order valence-corrected chi connectivity index (χ4v) is 1.56. The van der Waals surface area contributed by atoms with Crippen LogP contribution in [-0.4, -0.2) is 37.1 Å². The minimum Gasteiger partial charge on any atom is -0.337 e. The van der Waals surface area contributed by atoms with Crippen LogP contribution in [0.3, 0.4) is 0 Å². The Morgan fingerprint density at radius 3 is 2.41 bits per heavy atom. The van der Waals surface area contributed by atoms with Crippen LogP contribution in [0.5, 0.6) is 0 Å². The SMILES string of the molecule is CCN(CC)CCNC(=O)Nc1ccccc1. The van der Waals surface area contributed by atoms with E-state index in [0.717, 1.165) is 25.3 Å². The zero-order valence-corrected chi connectivity index (χ0v) is 10.6. The first-order chi connectivity index (χ1) is 8.26. The molecule has 4 nitrogen and oxygen atoms in total. The monoisotopic (exact) mass is 235 g/mol. The number of para-hydroxylation sites is 1. The maximum Gasteiger partial charge on any atom is 0.319 e. The number of carbonyl (C=O) groups is 1. The number of nitrogens with one attached hydrogen (secondary N) is 2. The van der Waals surface area contributed by atoms with E-state index in [0.29, 0.717) is 6.54 Å². The van der Waals surface area contributed by atoms with Crippen molar-refractivity contribution in [1.29, 1.82) is 0 Å². The average molecular weight is 235 g/mol. The summed E-state index contributed by atoms with van der Waals surface area (Å²) in [6.45, 7) is 7.81. The van der Waals surface area contributed by atoms with Gasteiger partial charge < -0.3 is 15.5 Å². The summed E-state index contributed by atoms with van der Waals surface area (Å²) in [5.41, 5.74) is 0.813. The van der Waals surface area contributed by atoms with Gasteiger partial charge in [-0.05, 0) is 25.2 Å². The fourth-order valence-electron chi connectivity index (χ4n) is 1.56. The second-order valence-corrected chi connectivity index (χ2v) is 3.77. The van der Waals surface area contributed by atoms with Crippen LogP contribution in [0.1, 0.15) is 13.8 Å². The molecule has 4 heteroatoms. The Kier molecular flexibility index (Phi) is 6.10. The Labute approximate surface area is 103 Å². The highest BCUT2D eigenvalue weighted by atomic mass is 16.2. The topological polar surface area (TPSA) is 44.4 Å². The standard InChI is InChI=1S/C13H21N3O/c1-3-16(4-2)11-10-14-13(17)15-12-8-6-5-7-9-12/h5-9H,3-4,10-11H2,1-2H3,(H2,14,15,17).